The van der Waals surface area contributed by atoms with Gasteiger partial charge in [-0.05, 0) is 30.7 Å². The van der Waals surface area contributed by atoms with Crippen LogP contribution >= 0.6 is 11.3 Å². The van der Waals surface area contributed by atoms with E-state index in [1.165, 1.54) is 17.7 Å². The molecular weight excluding hydrogens is 194 g/mol. The van der Waals surface area contributed by atoms with E-state index < -0.39 is 0 Å². The van der Waals surface area contributed by atoms with Crippen molar-refractivity contribution in [2.24, 2.45) is 0 Å². The van der Waals surface area contributed by atoms with Crippen LogP contribution in [0.1, 0.15) is 24.1 Å². The maximum atomic E-state index is 11.4. The fraction of sp³-hybridized carbons (Fsp3) is 0.545. The van der Waals surface area contributed by atoms with Crippen LogP contribution in [0.5, 0.6) is 0 Å². The quantitative estimate of drug-likeness (QED) is 0.776. The molecule has 1 aliphatic rings. The van der Waals surface area contributed by atoms with Crippen LogP contribution in [-0.2, 0) is 11.2 Å². The molecule has 0 saturated heterocycles. The van der Waals surface area contributed by atoms with Crippen molar-refractivity contribution < 1.29 is 4.79 Å². The Morgan fingerprint density at radius 3 is 3.07 bits per heavy atom. The van der Waals surface area contributed by atoms with Gasteiger partial charge in [0.1, 0.15) is 5.78 Å². The first-order chi connectivity index (χ1) is 6.84. The molecule has 0 bridgehead atoms. The van der Waals surface area contributed by atoms with Crippen molar-refractivity contribution in [2.45, 2.75) is 31.7 Å². The van der Waals surface area contributed by atoms with Crippen molar-refractivity contribution >= 4 is 17.1 Å². The van der Waals surface area contributed by atoms with Crippen LogP contribution in [0.4, 0.5) is 0 Å². The number of carbonyl (C=O) groups is 1. The van der Waals surface area contributed by atoms with E-state index in [1.54, 1.807) is 11.3 Å². The maximum absolute atomic E-state index is 11.4. The minimum Gasteiger partial charge on any atom is -0.307 e. The van der Waals surface area contributed by atoms with Crippen molar-refractivity contribution in [3.63, 3.8) is 0 Å². The standard InChI is InChI=1S/C11H15NOS/c13-10(8-12-9-3-4-9)5-6-11-2-1-7-14-11/h1-2,7,9,12H,3-6,8H2. The smallest absolute Gasteiger partial charge is 0.146 e. The van der Waals surface area contributed by atoms with Gasteiger partial charge in [-0.25, -0.2) is 0 Å². The van der Waals surface area contributed by atoms with Crippen LogP contribution in [0.25, 0.3) is 0 Å². The fourth-order valence-electron chi connectivity index (χ4n) is 1.35. The molecule has 76 valence electrons. The van der Waals surface area contributed by atoms with Gasteiger partial charge in [0.05, 0.1) is 6.54 Å². The number of rotatable bonds is 6. The minimum absolute atomic E-state index is 0.338. The summed E-state index contributed by atoms with van der Waals surface area (Å²) in [5, 5.41) is 5.30. The molecule has 1 aromatic rings. The van der Waals surface area contributed by atoms with Gasteiger partial charge in [-0.3, -0.25) is 4.79 Å². The summed E-state index contributed by atoms with van der Waals surface area (Å²) in [6, 6.07) is 4.76. The van der Waals surface area contributed by atoms with Gasteiger partial charge in [-0.1, -0.05) is 6.07 Å². The Morgan fingerprint density at radius 1 is 1.57 bits per heavy atom. The van der Waals surface area contributed by atoms with Crippen LogP contribution in [0.15, 0.2) is 17.5 Å². The van der Waals surface area contributed by atoms with Crippen molar-refractivity contribution in [3.05, 3.63) is 22.4 Å². The molecule has 0 unspecified atom stereocenters. The molecule has 0 aliphatic heterocycles. The number of ketones is 1. The summed E-state index contributed by atoms with van der Waals surface area (Å²) < 4.78 is 0. The van der Waals surface area contributed by atoms with Crippen LogP contribution in [0.2, 0.25) is 0 Å². The van der Waals surface area contributed by atoms with Crippen molar-refractivity contribution in [1.29, 1.82) is 0 Å². The predicted molar refractivity (Wildman–Crippen MR) is 58.7 cm³/mol. The van der Waals surface area contributed by atoms with Crippen molar-refractivity contribution in [2.75, 3.05) is 6.54 Å². The summed E-state index contributed by atoms with van der Waals surface area (Å²) in [5.41, 5.74) is 0. The normalized spacial score (nSPS) is 15.7. The van der Waals surface area contributed by atoms with E-state index in [0.717, 1.165) is 6.42 Å². The van der Waals surface area contributed by atoms with Gasteiger partial charge < -0.3 is 5.32 Å². The minimum atomic E-state index is 0.338. The molecule has 3 heteroatoms. The molecule has 0 spiro atoms. The molecule has 0 atom stereocenters. The van der Waals surface area contributed by atoms with E-state index in [9.17, 15) is 4.79 Å². The van der Waals surface area contributed by atoms with Gasteiger partial charge in [0.2, 0.25) is 0 Å². The van der Waals surface area contributed by atoms with Crippen LogP contribution in [0, 0.1) is 0 Å². The first-order valence-electron chi connectivity index (χ1n) is 5.12. The Kier molecular flexibility index (Phi) is 3.32. The molecule has 2 rings (SSSR count). The van der Waals surface area contributed by atoms with E-state index in [1.807, 2.05) is 6.07 Å². The van der Waals surface area contributed by atoms with Gasteiger partial charge in [-0.15, -0.1) is 11.3 Å². The number of aryl methyl sites for hydroxylation is 1. The number of hydrogen-bond donors (Lipinski definition) is 1. The summed E-state index contributed by atoms with van der Waals surface area (Å²) >= 11 is 1.73. The lowest BCUT2D eigenvalue weighted by atomic mass is 10.2. The lowest BCUT2D eigenvalue weighted by Crippen LogP contribution is -2.24. The largest absolute Gasteiger partial charge is 0.307 e. The Hall–Kier alpha value is -0.670. The molecule has 1 N–H and O–H groups in total. The molecule has 1 aliphatic carbocycles. The molecule has 1 saturated carbocycles. The van der Waals surface area contributed by atoms with E-state index in [4.69, 9.17) is 0 Å². The van der Waals surface area contributed by atoms with E-state index in [0.29, 0.717) is 24.8 Å². The monoisotopic (exact) mass is 209 g/mol. The third-order valence-corrected chi connectivity index (χ3v) is 3.33. The second-order valence-corrected chi connectivity index (χ2v) is 4.81. The summed E-state index contributed by atoms with van der Waals surface area (Å²) in [4.78, 5) is 12.7. The highest BCUT2D eigenvalue weighted by Crippen LogP contribution is 2.18. The highest BCUT2D eigenvalue weighted by atomic mass is 32.1. The molecule has 2 nitrogen and oxygen atoms in total. The molecular formula is C11H15NOS. The molecule has 1 fully saturated rings. The maximum Gasteiger partial charge on any atom is 0.146 e. The molecule has 1 aromatic heterocycles. The number of hydrogen-bond acceptors (Lipinski definition) is 3. The van der Waals surface area contributed by atoms with E-state index in [2.05, 4.69) is 16.8 Å². The average molecular weight is 209 g/mol. The SMILES string of the molecule is O=C(CCc1cccs1)CNC1CC1. The van der Waals surface area contributed by atoms with Crippen LogP contribution in [0.3, 0.4) is 0 Å². The molecule has 0 radical (unpaired) electrons. The second-order valence-electron chi connectivity index (χ2n) is 3.77. The lowest BCUT2D eigenvalue weighted by Gasteiger charge is -2.00. The summed E-state index contributed by atoms with van der Waals surface area (Å²) in [5.74, 6) is 0.338. The van der Waals surface area contributed by atoms with Gasteiger partial charge >= 0.3 is 0 Å². The second kappa shape index (κ2) is 4.71. The Morgan fingerprint density at radius 2 is 2.43 bits per heavy atom. The molecule has 0 aromatic carbocycles. The Labute approximate surface area is 88.3 Å². The van der Waals surface area contributed by atoms with Crippen LogP contribution in [-0.4, -0.2) is 18.4 Å². The summed E-state index contributed by atoms with van der Waals surface area (Å²) in [7, 11) is 0. The van der Waals surface area contributed by atoms with E-state index >= 15 is 0 Å². The molecule has 1 heterocycles. The van der Waals surface area contributed by atoms with Crippen molar-refractivity contribution in [3.8, 4) is 0 Å². The Balaban J connectivity index is 1.62. The first-order valence-corrected chi connectivity index (χ1v) is 6.00. The average Bonchev–Trinajstić information content (AvgIpc) is 2.87. The van der Waals surface area contributed by atoms with Gasteiger partial charge in [0, 0.05) is 17.3 Å². The zero-order chi connectivity index (χ0) is 9.80. The number of Topliss-reactive ketones (excluding diaryl/α,β-unsaturated/α-hetero) is 1. The third-order valence-electron chi connectivity index (χ3n) is 2.40. The zero-order valence-electron chi connectivity index (χ0n) is 8.16. The molecule has 0 amide bonds. The first kappa shape index (κ1) is 9.87. The lowest BCUT2D eigenvalue weighted by molar-refractivity contribution is -0.118. The number of nitrogens with one attached hydrogen (secondary N) is 1. The summed E-state index contributed by atoms with van der Waals surface area (Å²) in [6.45, 7) is 0.566. The highest BCUT2D eigenvalue weighted by Gasteiger charge is 2.20. The van der Waals surface area contributed by atoms with Gasteiger partial charge in [0.25, 0.3) is 0 Å². The number of thiophene rings is 1. The van der Waals surface area contributed by atoms with Crippen LogP contribution < -0.4 is 5.32 Å². The fourth-order valence-corrected chi connectivity index (χ4v) is 2.06. The number of carbonyl (C=O) groups excluding carboxylic acids is 1. The third kappa shape index (κ3) is 3.24. The summed E-state index contributed by atoms with van der Waals surface area (Å²) in [6.07, 6.45) is 4.08. The highest BCUT2D eigenvalue weighted by molar-refractivity contribution is 7.09. The van der Waals surface area contributed by atoms with Crippen molar-refractivity contribution in [1.82, 2.24) is 5.32 Å². The Bertz CT molecular complexity index is 290. The van der Waals surface area contributed by atoms with Gasteiger partial charge in [0.15, 0.2) is 0 Å². The van der Waals surface area contributed by atoms with E-state index in [-0.39, 0.29) is 0 Å². The molecule has 14 heavy (non-hydrogen) atoms. The zero-order valence-corrected chi connectivity index (χ0v) is 8.98. The van der Waals surface area contributed by atoms with Gasteiger partial charge in [-0.2, -0.15) is 0 Å². The predicted octanol–water partition coefficient (Wildman–Crippen LogP) is 2.00. The topological polar surface area (TPSA) is 29.1 Å².